The Hall–Kier alpha value is -1.33. The number of carboxylic acid groups (broad SMARTS) is 1. The van der Waals surface area contributed by atoms with Gasteiger partial charge in [-0.1, -0.05) is 23.2 Å². The molecule has 14 heavy (non-hydrogen) atoms. The lowest BCUT2D eigenvalue weighted by Gasteiger charge is -1.93. The van der Waals surface area contributed by atoms with Gasteiger partial charge in [-0.05, 0) is 0 Å². The van der Waals surface area contributed by atoms with Crippen molar-refractivity contribution in [2.24, 2.45) is 0 Å². The summed E-state index contributed by atoms with van der Waals surface area (Å²) in [5.74, 6) is -1.20. The predicted molar refractivity (Wildman–Crippen MR) is 50.0 cm³/mol. The average Bonchev–Trinajstić information content (AvgIpc) is 2.46. The number of imidazole rings is 1. The van der Waals surface area contributed by atoms with Gasteiger partial charge in [0.15, 0.2) is 16.5 Å². The molecule has 2 aromatic rings. The number of hydrogen-bond acceptors (Lipinski definition) is 3. The van der Waals surface area contributed by atoms with Crippen molar-refractivity contribution in [2.75, 3.05) is 0 Å². The molecule has 0 saturated heterocycles. The first-order valence-corrected chi connectivity index (χ1v) is 4.28. The number of hydrogen-bond donors (Lipinski definition) is 1. The molecule has 0 aliphatic heterocycles. The van der Waals surface area contributed by atoms with Crippen molar-refractivity contribution in [3.05, 3.63) is 28.4 Å². The van der Waals surface area contributed by atoms with Crippen molar-refractivity contribution in [3.8, 4) is 0 Å². The van der Waals surface area contributed by atoms with E-state index in [1.807, 2.05) is 0 Å². The van der Waals surface area contributed by atoms with Crippen LogP contribution in [0.5, 0.6) is 0 Å². The quantitative estimate of drug-likeness (QED) is 0.812. The normalized spacial score (nSPS) is 10.7. The monoisotopic (exact) mass is 231 g/mol. The number of rotatable bonds is 1. The largest absolute Gasteiger partial charge is 0.476 e. The van der Waals surface area contributed by atoms with Gasteiger partial charge in [0.25, 0.3) is 0 Å². The third kappa shape index (κ3) is 1.21. The van der Waals surface area contributed by atoms with Gasteiger partial charge < -0.3 is 5.11 Å². The zero-order valence-electron chi connectivity index (χ0n) is 6.61. The van der Waals surface area contributed by atoms with E-state index in [0.717, 1.165) is 0 Å². The van der Waals surface area contributed by atoms with Crippen LogP contribution in [0, 0.1) is 0 Å². The van der Waals surface area contributed by atoms with E-state index >= 15 is 0 Å². The van der Waals surface area contributed by atoms with Crippen LogP contribution in [0.1, 0.15) is 10.5 Å². The summed E-state index contributed by atoms with van der Waals surface area (Å²) in [6.07, 6.45) is 2.90. The summed E-state index contributed by atoms with van der Waals surface area (Å²) >= 11 is 11.5. The number of aromatic nitrogens is 3. The van der Waals surface area contributed by atoms with Gasteiger partial charge in [-0.25, -0.2) is 14.8 Å². The summed E-state index contributed by atoms with van der Waals surface area (Å²) in [4.78, 5) is 18.2. The molecule has 0 spiro atoms. The second-order valence-corrected chi connectivity index (χ2v) is 3.18. The van der Waals surface area contributed by atoms with Crippen LogP contribution >= 0.6 is 23.2 Å². The van der Waals surface area contributed by atoms with Crippen molar-refractivity contribution < 1.29 is 9.90 Å². The molecule has 2 heterocycles. The van der Waals surface area contributed by atoms with Crippen molar-refractivity contribution >= 4 is 34.8 Å². The van der Waals surface area contributed by atoms with Gasteiger partial charge in [0.1, 0.15) is 5.15 Å². The number of aromatic carboxylic acids is 1. The molecular weight excluding hydrogens is 229 g/mol. The average molecular weight is 232 g/mol. The number of fused-ring (bicyclic) bond motifs is 1. The minimum absolute atomic E-state index is 0.0109. The molecule has 5 nitrogen and oxygen atoms in total. The molecule has 0 aliphatic rings. The van der Waals surface area contributed by atoms with Crippen LogP contribution in [0.2, 0.25) is 10.3 Å². The Morgan fingerprint density at radius 3 is 2.79 bits per heavy atom. The smallest absolute Gasteiger partial charge is 0.357 e. The zero-order chi connectivity index (χ0) is 10.3. The minimum atomic E-state index is -1.20. The summed E-state index contributed by atoms with van der Waals surface area (Å²) in [6, 6.07) is 0. The molecule has 1 N–H and O–H groups in total. The summed E-state index contributed by atoms with van der Waals surface area (Å²) in [7, 11) is 0. The number of carboxylic acids is 1. The van der Waals surface area contributed by atoms with Crippen LogP contribution < -0.4 is 0 Å². The molecule has 0 radical (unpaired) electrons. The van der Waals surface area contributed by atoms with E-state index in [-0.39, 0.29) is 21.6 Å². The summed E-state index contributed by atoms with van der Waals surface area (Å²) < 4.78 is 1.36. The molecule has 7 heteroatoms. The molecule has 0 amide bonds. The van der Waals surface area contributed by atoms with Gasteiger partial charge in [0.2, 0.25) is 0 Å². The minimum Gasteiger partial charge on any atom is -0.476 e. The predicted octanol–water partition coefficient (Wildman–Crippen LogP) is 1.73. The summed E-state index contributed by atoms with van der Waals surface area (Å²) in [5, 5.41) is 8.86. The topological polar surface area (TPSA) is 67.5 Å². The van der Waals surface area contributed by atoms with Gasteiger partial charge in [-0.2, -0.15) is 0 Å². The fraction of sp³-hybridized carbons (Fsp3) is 0. The summed E-state index contributed by atoms with van der Waals surface area (Å²) in [5.41, 5.74) is -0.00173. The molecule has 0 aromatic carbocycles. The van der Waals surface area contributed by atoms with E-state index < -0.39 is 5.97 Å². The Bertz CT molecular complexity index is 523. The molecule has 2 rings (SSSR count). The Labute approximate surface area is 87.9 Å². The highest BCUT2D eigenvalue weighted by molar-refractivity contribution is 6.34. The third-order valence-electron chi connectivity index (χ3n) is 1.64. The van der Waals surface area contributed by atoms with E-state index in [9.17, 15) is 4.79 Å². The van der Waals surface area contributed by atoms with Crippen molar-refractivity contribution in [3.63, 3.8) is 0 Å². The molecule has 0 unspecified atom stereocenters. The Kier molecular flexibility index (Phi) is 2.05. The lowest BCUT2D eigenvalue weighted by molar-refractivity contribution is 0.0691. The molecule has 72 valence electrons. The van der Waals surface area contributed by atoms with Crippen LogP contribution in [-0.4, -0.2) is 25.4 Å². The Morgan fingerprint density at radius 2 is 2.21 bits per heavy atom. The molecule has 0 aliphatic carbocycles. The van der Waals surface area contributed by atoms with Gasteiger partial charge in [0, 0.05) is 12.4 Å². The zero-order valence-corrected chi connectivity index (χ0v) is 8.12. The lowest BCUT2D eigenvalue weighted by atomic mass is 10.5. The van der Waals surface area contributed by atoms with Crippen molar-refractivity contribution in [1.82, 2.24) is 14.4 Å². The maximum Gasteiger partial charge on any atom is 0.357 e. The molecule has 0 bridgehead atoms. The first-order chi connectivity index (χ1) is 6.61. The van der Waals surface area contributed by atoms with Gasteiger partial charge in [-0.15, -0.1) is 0 Å². The second kappa shape index (κ2) is 3.11. The maximum absolute atomic E-state index is 10.7. The van der Waals surface area contributed by atoms with Crippen LogP contribution in [0.25, 0.3) is 5.65 Å². The number of nitrogens with zero attached hydrogens (tertiary/aromatic N) is 3. The first-order valence-electron chi connectivity index (χ1n) is 3.52. The molecule has 0 saturated carbocycles. The van der Waals surface area contributed by atoms with E-state index in [4.69, 9.17) is 28.3 Å². The van der Waals surface area contributed by atoms with Crippen molar-refractivity contribution in [2.45, 2.75) is 0 Å². The Balaban J connectivity index is 2.86. The van der Waals surface area contributed by atoms with Gasteiger partial charge >= 0.3 is 5.97 Å². The Morgan fingerprint density at radius 1 is 1.50 bits per heavy atom. The standard InChI is InChI=1S/C7H3Cl2N3O2/c8-4-6-11-3(7(13)14)5(9)12(6)2-1-10-4/h1-2H,(H,13,14). The van der Waals surface area contributed by atoms with Crippen LogP contribution in [0.15, 0.2) is 12.4 Å². The first kappa shape index (κ1) is 9.23. The highest BCUT2D eigenvalue weighted by Crippen LogP contribution is 2.21. The highest BCUT2D eigenvalue weighted by atomic mass is 35.5. The third-order valence-corrected chi connectivity index (χ3v) is 2.27. The SMILES string of the molecule is O=C(O)c1nc2c(Cl)nccn2c1Cl. The van der Waals surface area contributed by atoms with Gasteiger partial charge in [0.05, 0.1) is 0 Å². The maximum atomic E-state index is 10.7. The molecular formula is C7H3Cl2N3O2. The number of halogens is 2. The summed E-state index contributed by atoms with van der Waals surface area (Å²) in [6.45, 7) is 0. The van der Waals surface area contributed by atoms with E-state index in [2.05, 4.69) is 9.97 Å². The fourth-order valence-corrected chi connectivity index (χ4v) is 1.50. The molecule has 0 atom stereocenters. The fourth-order valence-electron chi connectivity index (χ4n) is 1.05. The van der Waals surface area contributed by atoms with Crippen LogP contribution in [-0.2, 0) is 0 Å². The van der Waals surface area contributed by atoms with Crippen molar-refractivity contribution in [1.29, 1.82) is 0 Å². The number of carbonyl (C=O) groups is 1. The molecule has 0 fully saturated rings. The van der Waals surface area contributed by atoms with Gasteiger partial charge in [-0.3, -0.25) is 4.40 Å². The second-order valence-electron chi connectivity index (χ2n) is 2.47. The van der Waals surface area contributed by atoms with Crippen LogP contribution in [0.4, 0.5) is 0 Å². The highest BCUT2D eigenvalue weighted by Gasteiger charge is 2.17. The van der Waals surface area contributed by atoms with E-state index in [1.54, 1.807) is 0 Å². The molecule has 2 aromatic heterocycles. The van der Waals surface area contributed by atoms with Crippen LogP contribution in [0.3, 0.4) is 0 Å². The van der Waals surface area contributed by atoms with E-state index in [1.165, 1.54) is 16.8 Å². The lowest BCUT2D eigenvalue weighted by Crippen LogP contribution is -1.96. The van der Waals surface area contributed by atoms with E-state index in [0.29, 0.717) is 0 Å².